The third kappa shape index (κ3) is 3.74. The second-order valence-electron chi connectivity index (χ2n) is 8.25. The maximum Gasteiger partial charge on any atom is 0.307 e. The van der Waals surface area contributed by atoms with Crippen LogP contribution in [0.25, 0.3) is 0 Å². The van der Waals surface area contributed by atoms with Gasteiger partial charge in [-0.1, -0.05) is 6.07 Å². The fourth-order valence-corrected chi connectivity index (χ4v) is 5.67. The minimum Gasteiger partial charge on any atom is -0.469 e. The van der Waals surface area contributed by atoms with Crippen molar-refractivity contribution >= 4 is 5.97 Å². The molecule has 0 aromatic heterocycles. The molecule has 4 rings (SSSR count). The predicted octanol–water partition coefficient (Wildman–Crippen LogP) is 3.20. The molecule has 6 heteroatoms. The Morgan fingerprint density at radius 2 is 2.00 bits per heavy atom. The summed E-state index contributed by atoms with van der Waals surface area (Å²) in [6, 6.07) is 4.35. The smallest absolute Gasteiger partial charge is 0.307 e. The van der Waals surface area contributed by atoms with Gasteiger partial charge in [-0.25, -0.2) is 8.78 Å². The molecule has 1 aromatic rings. The van der Waals surface area contributed by atoms with E-state index in [4.69, 9.17) is 4.74 Å². The van der Waals surface area contributed by atoms with Crippen LogP contribution in [0.4, 0.5) is 8.78 Å². The molecule has 0 N–H and O–H groups in total. The van der Waals surface area contributed by atoms with Crippen molar-refractivity contribution in [1.82, 2.24) is 9.80 Å². The van der Waals surface area contributed by atoms with Crippen molar-refractivity contribution in [2.75, 3.05) is 26.7 Å². The lowest BCUT2D eigenvalue weighted by Crippen LogP contribution is -2.64. The summed E-state index contributed by atoms with van der Waals surface area (Å²) >= 11 is 0. The Bertz CT molecular complexity index is 697. The standard InChI is InChI=1S/C21H28F2N2O2/c1-27-20(26)11-19-17-5-3-9-24-8-2-4-15(21(17)24)13-25(19)12-14-6-7-16(22)10-18(14)23/h6-7,10,15,17,19,21H,2-5,8-9,11-13H2,1H3/t15-,17+,19+,21-/m0/s1. The lowest BCUT2D eigenvalue weighted by atomic mass is 9.69. The van der Waals surface area contributed by atoms with E-state index in [1.54, 1.807) is 0 Å². The van der Waals surface area contributed by atoms with E-state index >= 15 is 0 Å². The number of methoxy groups -OCH3 is 1. The van der Waals surface area contributed by atoms with Gasteiger partial charge in [-0.05, 0) is 56.7 Å². The molecular formula is C21H28F2N2O2. The first-order valence-corrected chi connectivity index (χ1v) is 10.1. The van der Waals surface area contributed by atoms with E-state index in [1.807, 2.05) is 0 Å². The van der Waals surface area contributed by atoms with Crippen LogP contribution < -0.4 is 0 Å². The third-order valence-corrected chi connectivity index (χ3v) is 6.77. The highest BCUT2D eigenvalue weighted by molar-refractivity contribution is 5.70. The van der Waals surface area contributed by atoms with Gasteiger partial charge in [-0.3, -0.25) is 14.6 Å². The molecule has 3 aliphatic heterocycles. The summed E-state index contributed by atoms with van der Waals surface area (Å²) in [5, 5.41) is 0. The predicted molar refractivity (Wildman–Crippen MR) is 98.0 cm³/mol. The SMILES string of the molecule is COC(=O)C[C@@H]1[C@H]2CCCN3CCC[C@@H](CN1Cc1ccc(F)cc1F)[C@@H]23. The maximum absolute atomic E-state index is 14.3. The summed E-state index contributed by atoms with van der Waals surface area (Å²) < 4.78 is 32.5. The number of hydrogen-bond acceptors (Lipinski definition) is 4. The van der Waals surface area contributed by atoms with E-state index in [9.17, 15) is 13.6 Å². The second kappa shape index (κ2) is 7.84. The average Bonchev–Trinajstić information content (AvgIpc) is 2.66. The number of esters is 1. The number of carbonyl (C=O) groups excluding carboxylic acids is 1. The van der Waals surface area contributed by atoms with Crippen LogP contribution in [0.15, 0.2) is 18.2 Å². The minimum atomic E-state index is -0.559. The van der Waals surface area contributed by atoms with Crippen LogP contribution in [-0.2, 0) is 16.1 Å². The zero-order valence-corrected chi connectivity index (χ0v) is 15.9. The number of nitrogens with zero attached hydrogens (tertiary/aromatic N) is 2. The van der Waals surface area contributed by atoms with Gasteiger partial charge in [0.1, 0.15) is 11.6 Å². The first-order chi connectivity index (χ1) is 13.1. The normalized spacial score (nSPS) is 31.4. The molecule has 0 spiro atoms. The summed E-state index contributed by atoms with van der Waals surface area (Å²) in [7, 11) is 1.42. The molecule has 0 unspecified atom stereocenters. The van der Waals surface area contributed by atoms with Crippen LogP contribution in [0.3, 0.4) is 0 Å². The Morgan fingerprint density at radius 3 is 2.74 bits per heavy atom. The fourth-order valence-electron chi connectivity index (χ4n) is 5.67. The van der Waals surface area contributed by atoms with E-state index in [1.165, 1.54) is 32.1 Å². The number of hydrogen-bond donors (Lipinski definition) is 0. The molecule has 4 atom stereocenters. The van der Waals surface area contributed by atoms with Gasteiger partial charge in [0, 0.05) is 36.8 Å². The molecule has 3 aliphatic rings. The van der Waals surface area contributed by atoms with Gasteiger partial charge >= 0.3 is 5.97 Å². The summed E-state index contributed by atoms with van der Waals surface area (Å²) in [5.74, 6) is -0.322. The van der Waals surface area contributed by atoms with Crippen molar-refractivity contribution in [3.8, 4) is 0 Å². The van der Waals surface area contributed by atoms with E-state index in [0.717, 1.165) is 38.5 Å². The van der Waals surface area contributed by atoms with Crippen molar-refractivity contribution in [2.45, 2.75) is 50.7 Å². The third-order valence-electron chi connectivity index (χ3n) is 6.77. The van der Waals surface area contributed by atoms with E-state index < -0.39 is 11.6 Å². The first-order valence-electron chi connectivity index (χ1n) is 10.1. The summed E-state index contributed by atoms with van der Waals surface area (Å²) in [4.78, 5) is 17.0. The molecule has 3 saturated heterocycles. The molecule has 0 amide bonds. The van der Waals surface area contributed by atoms with Crippen molar-refractivity contribution in [3.05, 3.63) is 35.4 Å². The largest absolute Gasteiger partial charge is 0.469 e. The molecule has 0 radical (unpaired) electrons. The van der Waals surface area contributed by atoms with Gasteiger partial charge in [0.15, 0.2) is 0 Å². The number of ether oxygens (including phenoxy) is 1. The molecule has 148 valence electrons. The van der Waals surface area contributed by atoms with Crippen LogP contribution in [-0.4, -0.2) is 54.6 Å². The minimum absolute atomic E-state index is 0.0454. The summed E-state index contributed by atoms with van der Waals surface area (Å²) in [6.07, 6.45) is 4.96. The Morgan fingerprint density at radius 1 is 1.22 bits per heavy atom. The van der Waals surface area contributed by atoms with Gasteiger partial charge in [-0.2, -0.15) is 0 Å². The molecule has 0 bridgehead atoms. The van der Waals surface area contributed by atoms with Gasteiger partial charge in [0.25, 0.3) is 0 Å². The molecule has 4 nitrogen and oxygen atoms in total. The lowest BCUT2D eigenvalue weighted by molar-refractivity contribution is -0.146. The number of benzene rings is 1. The molecule has 1 aromatic carbocycles. The number of piperidine rings is 3. The molecule has 3 heterocycles. The average molecular weight is 378 g/mol. The van der Waals surface area contributed by atoms with Crippen LogP contribution in [0, 0.1) is 23.5 Å². The van der Waals surface area contributed by atoms with E-state index in [0.29, 0.717) is 36.4 Å². The fraction of sp³-hybridized carbons (Fsp3) is 0.667. The Hall–Kier alpha value is -1.53. The number of carbonyl (C=O) groups is 1. The summed E-state index contributed by atoms with van der Waals surface area (Å²) in [5.41, 5.74) is 0.494. The Labute approximate surface area is 159 Å². The molecular weight excluding hydrogens is 350 g/mol. The highest BCUT2D eigenvalue weighted by Crippen LogP contribution is 2.43. The molecule has 3 fully saturated rings. The van der Waals surface area contributed by atoms with E-state index in [-0.39, 0.29) is 12.0 Å². The molecule has 0 aliphatic carbocycles. The van der Waals surface area contributed by atoms with Gasteiger partial charge in [0.05, 0.1) is 13.5 Å². The van der Waals surface area contributed by atoms with Gasteiger partial charge in [-0.15, -0.1) is 0 Å². The Kier molecular flexibility index (Phi) is 5.46. The van der Waals surface area contributed by atoms with Crippen LogP contribution in [0.1, 0.15) is 37.7 Å². The van der Waals surface area contributed by atoms with Crippen molar-refractivity contribution in [3.63, 3.8) is 0 Å². The number of halogens is 2. The molecule has 27 heavy (non-hydrogen) atoms. The van der Waals surface area contributed by atoms with Crippen molar-refractivity contribution in [1.29, 1.82) is 0 Å². The zero-order valence-electron chi connectivity index (χ0n) is 15.9. The quantitative estimate of drug-likeness (QED) is 0.754. The maximum atomic E-state index is 14.3. The summed E-state index contributed by atoms with van der Waals surface area (Å²) in [6.45, 7) is 3.56. The second-order valence-corrected chi connectivity index (χ2v) is 8.25. The number of rotatable bonds is 4. The molecule has 0 saturated carbocycles. The van der Waals surface area contributed by atoms with Crippen LogP contribution in [0.2, 0.25) is 0 Å². The van der Waals surface area contributed by atoms with Crippen LogP contribution >= 0.6 is 0 Å². The highest BCUT2D eigenvalue weighted by Gasteiger charge is 2.49. The monoisotopic (exact) mass is 378 g/mol. The zero-order chi connectivity index (χ0) is 19.0. The topological polar surface area (TPSA) is 32.8 Å². The van der Waals surface area contributed by atoms with Crippen molar-refractivity contribution < 1.29 is 18.3 Å². The van der Waals surface area contributed by atoms with Gasteiger partial charge < -0.3 is 4.74 Å². The highest BCUT2D eigenvalue weighted by atomic mass is 19.1. The van der Waals surface area contributed by atoms with Gasteiger partial charge in [0.2, 0.25) is 0 Å². The first kappa shape index (κ1) is 18.8. The van der Waals surface area contributed by atoms with Crippen LogP contribution in [0.5, 0.6) is 0 Å². The lowest BCUT2D eigenvalue weighted by Gasteiger charge is -2.57. The van der Waals surface area contributed by atoms with Crippen molar-refractivity contribution in [2.24, 2.45) is 11.8 Å². The number of likely N-dealkylation sites (tertiary alicyclic amines) is 1. The Balaban J connectivity index is 1.62. The van der Waals surface area contributed by atoms with E-state index in [2.05, 4.69) is 9.80 Å².